The van der Waals surface area contributed by atoms with Crippen molar-refractivity contribution in [2.45, 2.75) is 19.4 Å². The van der Waals surface area contributed by atoms with Crippen LogP contribution < -0.4 is 0 Å². The Morgan fingerprint density at radius 2 is 2.18 bits per heavy atom. The number of piperidine rings is 1. The van der Waals surface area contributed by atoms with Gasteiger partial charge in [0.15, 0.2) is 0 Å². The van der Waals surface area contributed by atoms with E-state index in [1.54, 1.807) is 18.2 Å². The van der Waals surface area contributed by atoms with Crippen LogP contribution in [0.15, 0.2) is 22.6 Å². The lowest BCUT2D eigenvalue weighted by Gasteiger charge is -2.30. The predicted molar refractivity (Wildman–Crippen MR) is 84.8 cm³/mol. The molecule has 1 atom stereocenters. The molecule has 0 amide bonds. The van der Waals surface area contributed by atoms with Crippen LogP contribution in [0.3, 0.4) is 0 Å². The molecule has 0 spiro atoms. The van der Waals surface area contributed by atoms with Gasteiger partial charge < -0.3 is 9.52 Å². The van der Waals surface area contributed by atoms with E-state index in [9.17, 15) is 5.11 Å². The Hall–Kier alpha value is -1.14. The summed E-state index contributed by atoms with van der Waals surface area (Å²) in [6.45, 7) is 2.66. The maximum atomic E-state index is 9.28. The molecule has 0 bridgehead atoms. The Bertz CT molecular complexity index is 647. The van der Waals surface area contributed by atoms with Crippen LogP contribution in [0.4, 0.5) is 0 Å². The number of aliphatic hydroxyl groups excluding tert-OH is 1. The second-order valence-electron chi connectivity index (χ2n) is 5.55. The van der Waals surface area contributed by atoms with Crippen LogP contribution in [-0.2, 0) is 6.54 Å². The molecule has 1 unspecified atom stereocenters. The lowest BCUT2D eigenvalue weighted by Crippen LogP contribution is -2.36. The van der Waals surface area contributed by atoms with Crippen molar-refractivity contribution in [2.75, 3.05) is 19.7 Å². The maximum absolute atomic E-state index is 9.28. The number of halogens is 2. The highest BCUT2D eigenvalue weighted by Gasteiger charge is 2.21. The van der Waals surface area contributed by atoms with Gasteiger partial charge in [-0.3, -0.25) is 4.90 Å². The first-order valence-corrected chi connectivity index (χ1v) is 8.02. The zero-order valence-corrected chi connectivity index (χ0v) is 13.5. The Labute approximate surface area is 138 Å². The third kappa shape index (κ3) is 3.60. The van der Waals surface area contributed by atoms with Gasteiger partial charge in [0, 0.05) is 18.2 Å². The molecule has 0 radical (unpaired) electrons. The second kappa shape index (κ2) is 6.96. The quantitative estimate of drug-likeness (QED) is 0.924. The SMILES string of the molecule is OCC1CCCN(Cc2nnc(-c3ccc(Cl)cc3Cl)o2)C1. The standard InChI is InChI=1S/C15H17Cl2N3O2/c16-11-3-4-12(13(17)6-11)15-19-18-14(22-15)8-20-5-1-2-10(7-20)9-21/h3-4,6,10,21H,1-2,5,7-9H2. The van der Waals surface area contributed by atoms with Gasteiger partial charge in [-0.15, -0.1) is 10.2 Å². The number of hydrogen-bond donors (Lipinski definition) is 1. The molecule has 0 saturated carbocycles. The third-order valence-corrected chi connectivity index (χ3v) is 4.40. The molecular weight excluding hydrogens is 325 g/mol. The fraction of sp³-hybridized carbons (Fsp3) is 0.467. The molecule has 2 heterocycles. The minimum absolute atomic E-state index is 0.228. The largest absolute Gasteiger partial charge is 0.419 e. The highest BCUT2D eigenvalue weighted by atomic mass is 35.5. The average molecular weight is 342 g/mol. The minimum Gasteiger partial charge on any atom is -0.419 e. The van der Waals surface area contributed by atoms with Crippen LogP contribution in [0.25, 0.3) is 11.5 Å². The molecule has 1 N–H and O–H groups in total. The molecule has 7 heteroatoms. The van der Waals surface area contributed by atoms with Crippen molar-refractivity contribution in [1.82, 2.24) is 15.1 Å². The maximum Gasteiger partial charge on any atom is 0.249 e. The van der Waals surface area contributed by atoms with Crippen molar-refractivity contribution in [2.24, 2.45) is 5.92 Å². The summed E-state index contributed by atoms with van der Waals surface area (Å²) in [4.78, 5) is 2.23. The van der Waals surface area contributed by atoms with Gasteiger partial charge in [0.2, 0.25) is 11.8 Å². The van der Waals surface area contributed by atoms with Gasteiger partial charge >= 0.3 is 0 Å². The number of likely N-dealkylation sites (tertiary alicyclic amines) is 1. The van der Waals surface area contributed by atoms with E-state index in [1.165, 1.54) is 0 Å². The van der Waals surface area contributed by atoms with Gasteiger partial charge in [-0.05, 0) is 43.5 Å². The van der Waals surface area contributed by atoms with Crippen molar-refractivity contribution in [1.29, 1.82) is 0 Å². The van der Waals surface area contributed by atoms with Crippen LogP contribution in [0.5, 0.6) is 0 Å². The highest BCUT2D eigenvalue weighted by Crippen LogP contribution is 2.29. The molecule has 1 saturated heterocycles. The molecule has 5 nitrogen and oxygen atoms in total. The fourth-order valence-corrected chi connectivity index (χ4v) is 3.21. The van der Waals surface area contributed by atoms with Crippen molar-refractivity contribution >= 4 is 23.2 Å². The molecule has 2 aromatic rings. The first kappa shape index (κ1) is 15.7. The second-order valence-corrected chi connectivity index (χ2v) is 6.39. The first-order chi connectivity index (χ1) is 10.7. The Morgan fingerprint density at radius 3 is 2.95 bits per heavy atom. The van der Waals surface area contributed by atoms with E-state index in [-0.39, 0.29) is 6.61 Å². The molecule has 1 aromatic carbocycles. The number of aromatic nitrogens is 2. The summed E-state index contributed by atoms with van der Waals surface area (Å²) in [5.41, 5.74) is 0.677. The van der Waals surface area contributed by atoms with E-state index in [0.29, 0.717) is 39.9 Å². The molecule has 1 aromatic heterocycles. The summed E-state index contributed by atoms with van der Waals surface area (Å²) >= 11 is 12.0. The van der Waals surface area contributed by atoms with Crippen molar-refractivity contribution in [3.63, 3.8) is 0 Å². The normalized spacial score (nSPS) is 19.5. The van der Waals surface area contributed by atoms with Gasteiger partial charge in [0.05, 0.1) is 17.1 Å². The first-order valence-electron chi connectivity index (χ1n) is 7.26. The van der Waals surface area contributed by atoms with Gasteiger partial charge in [-0.25, -0.2) is 0 Å². The van der Waals surface area contributed by atoms with E-state index in [4.69, 9.17) is 27.6 Å². The van der Waals surface area contributed by atoms with E-state index in [1.807, 2.05) is 0 Å². The van der Waals surface area contributed by atoms with Crippen LogP contribution in [0, 0.1) is 5.92 Å². The molecule has 0 aliphatic carbocycles. The lowest BCUT2D eigenvalue weighted by atomic mass is 9.99. The molecular formula is C15H17Cl2N3O2. The van der Waals surface area contributed by atoms with E-state index in [2.05, 4.69) is 15.1 Å². The van der Waals surface area contributed by atoms with Gasteiger partial charge in [-0.1, -0.05) is 23.2 Å². The summed E-state index contributed by atoms with van der Waals surface area (Å²) in [5.74, 6) is 1.29. The molecule has 1 fully saturated rings. The molecule has 1 aliphatic rings. The highest BCUT2D eigenvalue weighted by molar-refractivity contribution is 6.36. The smallest absolute Gasteiger partial charge is 0.249 e. The summed E-state index contributed by atoms with van der Waals surface area (Å²) in [7, 11) is 0. The topological polar surface area (TPSA) is 62.4 Å². The molecule has 22 heavy (non-hydrogen) atoms. The summed E-state index contributed by atoms with van der Waals surface area (Å²) in [6, 6.07) is 5.16. The van der Waals surface area contributed by atoms with E-state index < -0.39 is 0 Å². The number of nitrogens with zero attached hydrogens (tertiary/aromatic N) is 3. The van der Waals surface area contributed by atoms with Crippen LogP contribution in [0.2, 0.25) is 10.0 Å². The van der Waals surface area contributed by atoms with Crippen LogP contribution in [-0.4, -0.2) is 39.9 Å². The monoisotopic (exact) mass is 341 g/mol. The number of aliphatic hydroxyl groups is 1. The number of rotatable bonds is 4. The molecule has 1 aliphatic heterocycles. The molecule has 118 valence electrons. The predicted octanol–water partition coefficient (Wildman–Crippen LogP) is 3.25. The summed E-state index contributed by atoms with van der Waals surface area (Å²) in [6.07, 6.45) is 2.15. The van der Waals surface area contributed by atoms with Crippen molar-refractivity contribution in [3.8, 4) is 11.5 Å². The van der Waals surface area contributed by atoms with E-state index in [0.717, 1.165) is 25.9 Å². The van der Waals surface area contributed by atoms with Crippen molar-refractivity contribution < 1.29 is 9.52 Å². The number of hydrogen-bond acceptors (Lipinski definition) is 5. The minimum atomic E-state index is 0.228. The summed E-state index contributed by atoms with van der Waals surface area (Å²) in [5, 5.41) is 18.5. The van der Waals surface area contributed by atoms with Gasteiger partial charge in [-0.2, -0.15) is 0 Å². The van der Waals surface area contributed by atoms with Gasteiger partial charge in [0.25, 0.3) is 0 Å². The van der Waals surface area contributed by atoms with Crippen LogP contribution in [0.1, 0.15) is 18.7 Å². The fourth-order valence-electron chi connectivity index (χ4n) is 2.72. The Morgan fingerprint density at radius 1 is 1.32 bits per heavy atom. The molecule has 3 rings (SSSR count). The Kier molecular flexibility index (Phi) is 4.98. The van der Waals surface area contributed by atoms with Crippen LogP contribution >= 0.6 is 23.2 Å². The lowest BCUT2D eigenvalue weighted by molar-refractivity contribution is 0.109. The average Bonchev–Trinajstić information content (AvgIpc) is 2.95. The number of benzene rings is 1. The third-order valence-electron chi connectivity index (χ3n) is 3.85. The van der Waals surface area contributed by atoms with Crippen molar-refractivity contribution in [3.05, 3.63) is 34.1 Å². The Balaban J connectivity index is 1.71. The van der Waals surface area contributed by atoms with E-state index >= 15 is 0 Å². The zero-order valence-electron chi connectivity index (χ0n) is 12.0. The zero-order chi connectivity index (χ0) is 15.5. The van der Waals surface area contributed by atoms with Gasteiger partial charge in [0.1, 0.15) is 0 Å². The summed E-state index contributed by atoms with van der Waals surface area (Å²) < 4.78 is 5.71.